The van der Waals surface area contributed by atoms with Crippen LogP contribution < -0.4 is 14.8 Å². The number of carbonyl (C=O) groups is 1. The third kappa shape index (κ3) is 4.49. The normalized spacial score (nSPS) is 11.6. The van der Waals surface area contributed by atoms with Crippen molar-refractivity contribution in [2.45, 2.75) is 13.0 Å². The van der Waals surface area contributed by atoms with Crippen LogP contribution in [0.4, 0.5) is 5.69 Å². The fourth-order valence-corrected chi connectivity index (χ4v) is 1.98. The quantitative estimate of drug-likeness (QED) is 0.891. The zero-order valence-corrected chi connectivity index (χ0v) is 13.4. The Morgan fingerprint density at radius 1 is 1.14 bits per heavy atom. The number of methoxy groups -OCH3 is 1. The molecule has 0 heterocycles. The van der Waals surface area contributed by atoms with Crippen LogP contribution in [0.15, 0.2) is 53.0 Å². The first kappa shape index (κ1) is 15.4. The summed E-state index contributed by atoms with van der Waals surface area (Å²) in [7, 11) is 1.58. The van der Waals surface area contributed by atoms with Crippen LogP contribution in [-0.2, 0) is 4.79 Å². The van der Waals surface area contributed by atoms with Crippen molar-refractivity contribution in [1.82, 2.24) is 0 Å². The Bertz CT molecular complexity index is 613. The maximum absolute atomic E-state index is 12.1. The Morgan fingerprint density at radius 3 is 2.52 bits per heavy atom. The van der Waals surface area contributed by atoms with Crippen LogP contribution >= 0.6 is 15.9 Å². The molecule has 1 atom stereocenters. The smallest absolute Gasteiger partial charge is 0.265 e. The van der Waals surface area contributed by atoms with E-state index >= 15 is 0 Å². The van der Waals surface area contributed by atoms with Gasteiger partial charge in [-0.2, -0.15) is 0 Å². The molecule has 0 saturated heterocycles. The van der Waals surface area contributed by atoms with Gasteiger partial charge in [-0.15, -0.1) is 0 Å². The fraction of sp³-hybridized carbons (Fsp3) is 0.188. The van der Waals surface area contributed by atoms with E-state index in [-0.39, 0.29) is 5.91 Å². The number of hydrogen-bond donors (Lipinski definition) is 1. The van der Waals surface area contributed by atoms with E-state index in [0.717, 1.165) is 4.47 Å². The largest absolute Gasteiger partial charge is 0.497 e. The Labute approximate surface area is 132 Å². The first-order chi connectivity index (χ1) is 10.1. The highest BCUT2D eigenvalue weighted by Gasteiger charge is 2.15. The van der Waals surface area contributed by atoms with Gasteiger partial charge in [0, 0.05) is 16.2 Å². The van der Waals surface area contributed by atoms with Gasteiger partial charge >= 0.3 is 0 Å². The average molecular weight is 350 g/mol. The summed E-state index contributed by atoms with van der Waals surface area (Å²) in [5, 5.41) is 2.79. The van der Waals surface area contributed by atoms with Gasteiger partial charge in [-0.05, 0) is 43.3 Å². The second kappa shape index (κ2) is 7.13. The maximum atomic E-state index is 12.1. The third-order valence-electron chi connectivity index (χ3n) is 2.83. The first-order valence-corrected chi connectivity index (χ1v) is 7.25. The molecule has 110 valence electrons. The molecule has 21 heavy (non-hydrogen) atoms. The fourth-order valence-electron chi connectivity index (χ4n) is 1.72. The Kier molecular flexibility index (Phi) is 5.22. The standard InChI is InChI=1S/C16H16BrNO3/c1-11(21-14-8-6-12(17)7-9-14)16(19)18-13-4-3-5-15(10-13)20-2/h3-11H,1-2H3,(H,18,19)/t11-/m1/s1. The van der Waals surface area contributed by atoms with Crippen molar-refractivity contribution in [3.63, 3.8) is 0 Å². The van der Waals surface area contributed by atoms with Gasteiger partial charge in [0.05, 0.1) is 7.11 Å². The Hall–Kier alpha value is -2.01. The highest BCUT2D eigenvalue weighted by molar-refractivity contribution is 9.10. The van der Waals surface area contributed by atoms with Crippen LogP contribution in [0, 0.1) is 0 Å². The van der Waals surface area contributed by atoms with Crippen LogP contribution in [0.5, 0.6) is 11.5 Å². The number of nitrogens with one attached hydrogen (secondary N) is 1. The molecule has 0 unspecified atom stereocenters. The molecule has 0 saturated carbocycles. The highest BCUT2D eigenvalue weighted by atomic mass is 79.9. The third-order valence-corrected chi connectivity index (χ3v) is 3.36. The lowest BCUT2D eigenvalue weighted by Gasteiger charge is -2.15. The summed E-state index contributed by atoms with van der Waals surface area (Å²) in [6.07, 6.45) is -0.600. The first-order valence-electron chi connectivity index (χ1n) is 6.45. The van der Waals surface area contributed by atoms with E-state index in [9.17, 15) is 4.79 Å². The number of anilines is 1. The van der Waals surface area contributed by atoms with Crippen LogP contribution in [0.3, 0.4) is 0 Å². The van der Waals surface area contributed by atoms with E-state index in [4.69, 9.17) is 9.47 Å². The van der Waals surface area contributed by atoms with E-state index < -0.39 is 6.10 Å². The summed E-state index contributed by atoms with van der Waals surface area (Å²) in [5.74, 6) is 1.12. The molecule has 0 radical (unpaired) electrons. The van der Waals surface area contributed by atoms with Crippen molar-refractivity contribution >= 4 is 27.5 Å². The van der Waals surface area contributed by atoms with E-state index in [0.29, 0.717) is 17.2 Å². The van der Waals surface area contributed by atoms with E-state index in [1.54, 1.807) is 38.3 Å². The summed E-state index contributed by atoms with van der Waals surface area (Å²) in [6, 6.07) is 14.5. The van der Waals surface area contributed by atoms with E-state index in [1.165, 1.54) is 0 Å². The summed E-state index contributed by atoms with van der Waals surface area (Å²) < 4.78 is 11.7. The highest BCUT2D eigenvalue weighted by Crippen LogP contribution is 2.19. The SMILES string of the molecule is COc1cccc(NC(=O)[C@@H](C)Oc2ccc(Br)cc2)c1. The van der Waals surface area contributed by atoms with Gasteiger partial charge in [0.1, 0.15) is 11.5 Å². The molecule has 2 rings (SSSR count). The van der Waals surface area contributed by atoms with Gasteiger partial charge in [-0.25, -0.2) is 0 Å². The Balaban J connectivity index is 1.97. The number of benzene rings is 2. The molecule has 5 heteroatoms. The van der Waals surface area contributed by atoms with Crippen LogP contribution in [0.1, 0.15) is 6.92 Å². The van der Waals surface area contributed by atoms with Crippen molar-refractivity contribution in [2.75, 3.05) is 12.4 Å². The molecule has 0 aliphatic carbocycles. The number of hydrogen-bond acceptors (Lipinski definition) is 3. The zero-order valence-electron chi connectivity index (χ0n) is 11.8. The predicted octanol–water partition coefficient (Wildman–Crippen LogP) is 3.86. The van der Waals surface area contributed by atoms with Crippen molar-refractivity contribution in [1.29, 1.82) is 0 Å². The number of amides is 1. The van der Waals surface area contributed by atoms with Crippen LogP contribution in [0.25, 0.3) is 0 Å². The second-order valence-corrected chi connectivity index (χ2v) is 5.35. The molecular weight excluding hydrogens is 334 g/mol. The minimum absolute atomic E-state index is 0.217. The molecular formula is C16H16BrNO3. The lowest BCUT2D eigenvalue weighted by atomic mass is 10.2. The average Bonchev–Trinajstić information content (AvgIpc) is 2.49. The molecule has 0 aromatic heterocycles. The van der Waals surface area contributed by atoms with Gasteiger partial charge in [-0.3, -0.25) is 4.79 Å². The molecule has 4 nitrogen and oxygen atoms in total. The number of rotatable bonds is 5. The molecule has 1 N–H and O–H groups in total. The zero-order chi connectivity index (χ0) is 15.2. The maximum Gasteiger partial charge on any atom is 0.265 e. The lowest BCUT2D eigenvalue weighted by molar-refractivity contribution is -0.122. The molecule has 0 aliphatic heterocycles. The monoisotopic (exact) mass is 349 g/mol. The second-order valence-electron chi connectivity index (χ2n) is 4.44. The molecule has 0 fully saturated rings. The van der Waals surface area contributed by atoms with Gasteiger partial charge in [0.2, 0.25) is 0 Å². The molecule has 0 aliphatic rings. The number of halogens is 1. The van der Waals surface area contributed by atoms with Gasteiger partial charge in [0.25, 0.3) is 5.91 Å². The van der Waals surface area contributed by atoms with Crippen LogP contribution in [0.2, 0.25) is 0 Å². The minimum Gasteiger partial charge on any atom is -0.497 e. The molecule has 0 spiro atoms. The summed E-state index contributed by atoms with van der Waals surface area (Å²) >= 11 is 3.35. The topological polar surface area (TPSA) is 47.6 Å². The summed E-state index contributed by atoms with van der Waals surface area (Å²) in [5.41, 5.74) is 0.672. The van der Waals surface area contributed by atoms with Crippen LogP contribution in [-0.4, -0.2) is 19.1 Å². The lowest BCUT2D eigenvalue weighted by Crippen LogP contribution is -2.30. The molecule has 0 bridgehead atoms. The molecule has 2 aromatic rings. The molecule has 1 amide bonds. The summed E-state index contributed by atoms with van der Waals surface area (Å²) in [4.78, 5) is 12.1. The minimum atomic E-state index is -0.600. The van der Waals surface area contributed by atoms with E-state index in [1.807, 2.05) is 24.3 Å². The van der Waals surface area contributed by atoms with Gasteiger partial charge in [0.15, 0.2) is 6.10 Å². The van der Waals surface area contributed by atoms with Crippen molar-refractivity contribution in [3.8, 4) is 11.5 Å². The van der Waals surface area contributed by atoms with E-state index in [2.05, 4.69) is 21.2 Å². The number of carbonyl (C=O) groups excluding carboxylic acids is 1. The van der Waals surface area contributed by atoms with Gasteiger partial charge < -0.3 is 14.8 Å². The van der Waals surface area contributed by atoms with Gasteiger partial charge in [-0.1, -0.05) is 22.0 Å². The van der Waals surface area contributed by atoms with Crippen molar-refractivity contribution in [2.24, 2.45) is 0 Å². The predicted molar refractivity (Wildman–Crippen MR) is 85.9 cm³/mol. The molecule has 2 aromatic carbocycles. The number of ether oxygens (including phenoxy) is 2. The Morgan fingerprint density at radius 2 is 1.86 bits per heavy atom. The summed E-state index contributed by atoms with van der Waals surface area (Å²) in [6.45, 7) is 1.71. The van der Waals surface area contributed by atoms with Crippen molar-refractivity contribution < 1.29 is 14.3 Å². The van der Waals surface area contributed by atoms with Crippen molar-refractivity contribution in [3.05, 3.63) is 53.0 Å².